The summed E-state index contributed by atoms with van der Waals surface area (Å²) in [5.74, 6) is -0.830. The van der Waals surface area contributed by atoms with E-state index in [0.29, 0.717) is 5.02 Å². The van der Waals surface area contributed by atoms with Crippen LogP contribution >= 0.6 is 11.6 Å². The SMILES string of the molecule is COC(=O)c1ccc(CN2C(=O)NC(=Cc3cc(C)n(-c4ccc(Cl)cc4)c3C)C2=O)o1. The fraction of sp³-hybridized carbons (Fsp3) is 0.174. The summed E-state index contributed by atoms with van der Waals surface area (Å²) in [6.45, 7) is 3.79. The molecule has 2 aromatic heterocycles. The van der Waals surface area contributed by atoms with Gasteiger partial charge in [0.1, 0.15) is 11.5 Å². The van der Waals surface area contributed by atoms with Crippen molar-refractivity contribution < 1.29 is 23.5 Å². The number of carbonyl (C=O) groups excluding carboxylic acids is 3. The maximum atomic E-state index is 12.9. The Labute approximate surface area is 189 Å². The van der Waals surface area contributed by atoms with Gasteiger partial charge in [0, 0.05) is 22.1 Å². The molecular formula is C23H20ClN3O5. The number of imide groups is 1. The highest BCUT2D eigenvalue weighted by atomic mass is 35.5. The third-order valence-corrected chi connectivity index (χ3v) is 5.43. The summed E-state index contributed by atoms with van der Waals surface area (Å²) in [6.07, 6.45) is 1.65. The molecule has 0 aliphatic carbocycles. The van der Waals surface area contributed by atoms with Crippen LogP contribution in [-0.4, -0.2) is 34.5 Å². The number of amides is 3. The molecule has 0 spiro atoms. The average Bonchev–Trinajstić information content (AvgIpc) is 3.42. The predicted molar refractivity (Wildman–Crippen MR) is 117 cm³/mol. The van der Waals surface area contributed by atoms with Crippen LogP contribution in [0.25, 0.3) is 11.8 Å². The molecule has 0 saturated carbocycles. The lowest BCUT2D eigenvalue weighted by Gasteiger charge is -2.10. The van der Waals surface area contributed by atoms with Gasteiger partial charge in [-0.1, -0.05) is 11.6 Å². The van der Waals surface area contributed by atoms with Gasteiger partial charge in [0.15, 0.2) is 0 Å². The van der Waals surface area contributed by atoms with Crippen LogP contribution in [0.4, 0.5) is 4.79 Å². The second-order valence-corrected chi connectivity index (χ2v) is 7.71. The number of benzene rings is 1. The zero-order chi connectivity index (χ0) is 23.0. The van der Waals surface area contributed by atoms with Gasteiger partial charge in [-0.3, -0.25) is 9.69 Å². The van der Waals surface area contributed by atoms with Crippen molar-refractivity contribution in [3.8, 4) is 5.69 Å². The molecule has 3 aromatic rings. The number of urea groups is 1. The minimum Gasteiger partial charge on any atom is -0.463 e. The number of ether oxygens (including phenoxy) is 1. The summed E-state index contributed by atoms with van der Waals surface area (Å²) in [6, 6.07) is 11.8. The summed E-state index contributed by atoms with van der Waals surface area (Å²) < 4.78 is 12.0. The normalized spacial score (nSPS) is 14.9. The highest BCUT2D eigenvalue weighted by molar-refractivity contribution is 6.30. The molecule has 3 amide bonds. The second-order valence-electron chi connectivity index (χ2n) is 7.28. The van der Waals surface area contributed by atoms with Crippen molar-refractivity contribution in [1.82, 2.24) is 14.8 Å². The van der Waals surface area contributed by atoms with E-state index < -0.39 is 17.9 Å². The maximum Gasteiger partial charge on any atom is 0.373 e. The molecule has 9 heteroatoms. The molecule has 0 radical (unpaired) electrons. The number of hydrogen-bond donors (Lipinski definition) is 1. The lowest BCUT2D eigenvalue weighted by Crippen LogP contribution is -2.30. The Bertz CT molecular complexity index is 1250. The maximum absolute atomic E-state index is 12.9. The van der Waals surface area contributed by atoms with Gasteiger partial charge < -0.3 is 19.0 Å². The minimum absolute atomic E-state index is 0.0000381. The number of esters is 1. The Kier molecular flexibility index (Phi) is 5.63. The number of furan rings is 1. The highest BCUT2D eigenvalue weighted by Gasteiger charge is 2.34. The van der Waals surface area contributed by atoms with Gasteiger partial charge in [-0.15, -0.1) is 0 Å². The van der Waals surface area contributed by atoms with Gasteiger partial charge >= 0.3 is 12.0 Å². The van der Waals surface area contributed by atoms with Crippen molar-refractivity contribution in [1.29, 1.82) is 0 Å². The number of halogens is 1. The number of aryl methyl sites for hydroxylation is 1. The number of hydrogen-bond acceptors (Lipinski definition) is 5. The molecule has 1 fully saturated rings. The van der Waals surface area contributed by atoms with Crippen molar-refractivity contribution in [2.24, 2.45) is 0 Å². The molecule has 0 atom stereocenters. The largest absolute Gasteiger partial charge is 0.463 e. The second kappa shape index (κ2) is 8.39. The highest BCUT2D eigenvalue weighted by Crippen LogP contribution is 2.25. The van der Waals surface area contributed by atoms with E-state index in [1.165, 1.54) is 19.2 Å². The summed E-state index contributed by atoms with van der Waals surface area (Å²) in [7, 11) is 1.24. The van der Waals surface area contributed by atoms with Gasteiger partial charge in [0.2, 0.25) is 5.76 Å². The van der Waals surface area contributed by atoms with E-state index in [4.69, 9.17) is 16.0 Å². The van der Waals surface area contributed by atoms with Crippen LogP contribution in [0.1, 0.15) is 33.3 Å². The molecule has 1 saturated heterocycles. The van der Waals surface area contributed by atoms with Crippen LogP contribution in [0.3, 0.4) is 0 Å². The van der Waals surface area contributed by atoms with Crippen molar-refractivity contribution in [3.05, 3.63) is 81.7 Å². The summed E-state index contributed by atoms with van der Waals surface area (Å²) in [5.41, 5.74) is 3.78. The van der Waals surface area contributed by atoms with Crippen LogP contribution in [0.15, 0.2) is 52.6 Å². The van der Waals surface area contributed by atoms with Crippen molar-refractivity contribution >= 4 is 35.6 Å². The zero-order valence-electron chi connectivity index (χ0n) is 17.6. The molecule has 3 heterocycles. The summed E-state index contributed by atoms with van der Waals surface area (Å²) in [5, 5.41) is 3.25. The van der Waals surface area contributed by atoms with Crippen molar-refractivity contribution in [2.75, 3.05) is 7.11 Å². The van der Waals surface area contributed by atoms with Crippen LogP contribution < -0.4 is 5.32 Å². The molecule has 0 bridgehead atoms. The van der Waals surface area contributed by atoms with E-state index in [1.54, 1.807) is 6.08 Å². The molecule has 4 rings (SSSR count). The van der Waals surface area contributed by atoms with Gasteiger partial charge in [0.25, 0.3) is 5.91 Å². The first kappa shape index (κ1) is 21.5. The fourth-order valence-corrected chi connectivity index (χ4v) is 3.75. The Hall–Kier alpha value is -3.78. The van der Waals surface area contributed by atoms with E-state index in [9.17, 15) is 14.4 Å². The van der Waals surface area contributed by atoms with E-state index in [1.807, 2.05) is 48.7 Å². The number of nitrogens with zero attached hydrogens (tertiary/aromatic N) is 2. The lowest BCUT2D eigenvalue weighted by atomic mass is 10.2. The Balaban J connectivity index is 1.58. The number of methoxy groups -OCH3 is 1. The first-order chi connectivity index (χ1) is 15.3. The zero-order valence-corrected chi connectivity index (χ0v) is 18.4. The molecule has 32 heavy (non-hydrogen) atoms. The monoisotopic (exact) mass is 453 g/mol. The van der Waals surface area contributed by atoms with Crippen LogP contribution in [0.2, 0.25) is 5.02 Å². The van der Waals surface area contributed by atoms with E-state index in [2.05, 4.69) is 10.1 Å². The summed E-state index contributed by atoms with van der Waals surface area (Å²) in [4.78, 5) is 37.8. The van der Waals surface area contributed by atoms with Crippen LogP contribution in [0.5, 0.6) is 0 Å². The first-order valence-electron chi connectivity index (χ1n) is 9.75. The molecule has 8 nitrogen and oxygen atoms in total. The van der Waals surface area contributed by atoms with Crippen LogP contribution in [-0.2, 0) is 16.1 Å². The molecule has 1 aromatic carbocycles. The molecule has 1 N–H and O–H groups in total. The van der Waals surface area contributed by atoms with Crippen molar-refractivity contribution in [3.63, 3.8) is 0 Å². The Morgan fingerprint density at radius 2 is 1.88 bits per heavy atom. The standard InChI is InChI=1S/C23H20ClN3O5/c1-13-10-15(14(2)27(13)17-6-4-16(24)5-7-17)11-19-21(28)26(23(30)25-19)12-18-8-9-20(32-18)22(29)31-3/h4-11H,12H2,1-3H3,(H,25,30). The van der Waals surface area contributed by atoms with Crippen LogP contribution in [0, 0.1) is 13.8 Å². The van der Waals surface area contributed by atoms with E-state index >= 15 is 0 Å². The number of aromatic nitrogens is 1. The molecule has 0 unspecified atom stereocenters. The van der Waals surface area contributed by atoms with E-state index in [0.717, 1.165) is 27.5 Å². The van der Waals surface area contributed by atoms with E-state index in [-0.39, 0.29) is 23.8 Å². The molecule has 1 aliphatic rings. The van der Waals surface area contributed by atoms with Gasteiger partial charge in [-0.2, -0.15) is 0 Å². The van der Waals surface area contributed by atoms with Crippen molar-refractivity contribution in [2.45, 2.75) is 20.4 Å². The first-order valence-corrected chi connectivity index (χ1v) is 10.1. The smallest absolute Gasteiger partial charge is 0.373 e. The average molecular weight is 454 g/mol. The predicted octanol–water partition coefficient (Wildman–Crippen LogP) is 4.22. The third kappa shape index (κ3) is 3.92. The summed E-state index contributed by atoms with van der Waals surface area (Å²) >= 11 is 5.99. The topological polar surface area (TPSA) is 93.8 Å². The molecule has 1 aliphatic heterocycles. The van der Waals surface area contributed by atoms with Gasteiger partial charge in [-0.25, -0.2) is 9.59 Å². The van der Waals surface area contributed by atoms with Gasteiger partial charge in [0.05, 0.1) is 13.7 Å². The molecule has 164 valence electrons. The number of nitrogens with one attached hydrogen (secondary N) is 1. The number of carbonyl (C=O) groups is 3. The molecular weight excluding hydrogens is 434 g/mol. The Morgan fingerprint density at radius 1 is 1.16 bits per heavy atom. The quantitative estimate of drug-likeness (QED) is 0.354. The minimum atomic E-state index is -0.634. The Morgan fingerprint density at radius 3 is 2.56 bits per heavy atom. The third-order valence-electron chi connectivity index (χ3n) is 5.18. The lowest BCUT2D eigenvalue weighted by molar-refractivity contribution is -0.123. The number of rotatable bonds is 5. The van der Waals surface area contributed by atoms with Gasteiger partial charge in [-0.05, 0) is 68.0 Å². The fourth-order valence-electron chi connectivity index (χ4n) is 3.62.